The van der Waals surface area contributed by atoms with Gasteiger partial charge in [0.2, 0.25) is 5.13 Å². The number of H-pyrrole nitrogens is 1. The number of carboxylic acids is 1. The molecular weight excluding hydrogens is 461 g/mol. The molecule has 33 heavy (non-hydrogen) atoms. The fourth-order valence-corrected chi connectivity index (χ4v) is 4.20. The minimum absolute atomic E-state index is 0.371. The van der Waals surface area contributed by atoms with E-state index >= 15 is 0 Å². The van der Waals surface area contributed by atoms with E-state index in [1.165, 1.54) is 0 Å². The maximum Gasteiger partial charge on any atom is 0.430 e. The van der Waals surface area contributed by atoms with Gasteiger partial charge in [0.15, 0.2) is 0 Å². The van der Waals surface area contributed by atoms with Crippen LogP contribution in [0.15, 0.2) is 18.2 Å². The van der Waals surface area contributed by atoms with Crippen LogP contribution < -0.4 is 16.2 Å². The molecule has 5 N–H and O–H groups in total. The van der Waals surface area contributed by atoms with E-state index in [-0.39, 0.29) is 0 Å². The van der Waals surface area contributed by atoms with Crippen LogP contribution in [0.4, 0.5) is 18.3 Å². The first-order valence-electron chi connectivity index (χ1n) is 10.3. The van der Waals surface area contributed by atoms with Crippen LogP contribution >= 0.6 is 11.3 Å². The van der Waals surface area contributed by atoms with Crippen LogP contribution in [0.5, 0.6) is 0 Å². The van der Waals surface area contributed by atoms with E-state index in [0.717, 1.165) is 77.2 Å². The summed E-state index contributed by atoms with van der Waals surface area (Å²) in [5.74, 6) is -2.27. The van der Waals surface area contributed by atoms with Crippen molar-refractivity contribution in [2.45, 2.75) is 38.4 Å². The highest BCUT2D eigenvalue weighted by Crippen LogP contribution is 2.29. The number of ether oxygens (including phenoxy) is 1. The number of carbonyl (C=O) groups is 1. The standard InChI is InChI=1S/C18H24N6OS.C2HF3O2/c1-11-15-9-13(2-3-16(15)22-21-11)17-23-24-18(26-17)20-10-14(19)8-12-4-6-25-7-5-12;3-2(4,5)1(6)7/h2-3,9,12,14H,4-8,10,19H2,1H3,(H,20,24)(H,21,22);(H,6,7). The second-order valence-corrected chi connectivity index (χ2v) is 8.79. The zero-order chi connectivity index (χ0) is 24.0. The number of anilines is 1. The number of carboxylic acid groups (broad SMARTS) is 1. The summed E-state index contributed by atoms with van der Waals surface area (Å²) in [7, 11) is 0. The topological polar surface area (TPSA) is 143 Å². The van der Waals surface area contributed by atoms with Gasteiger partial charge in [-0.25, -0.2) is 0 Å². The Kier molecular flexibility index (Phi) is 8.21. The van der Waals surface area contributed by atoms with Crippen molar-refractivity contribution in [1.29, 1.82) is 0 Å². The third-order valence-electron chi connectivity index (χ3n) is 5.20. The van der Waals surface area contributed by atoms with Crippen LogP contribution in [-0.2, 0) is 9.53 Å². The Morgan fingerprint density at radius 2 is 2.06 bits per heavy atom. The molecule has 1 fully saturated rings. The van der Waals surface area contributed by atoms with Gasteiger partial charge < -0.3 is 25.7 Å². The number of benzene rings is 1. The van der Waals surface area contributed by atoms with Crippen LogP contribution in [0.2, 0.25) is 0 Å². The number of aromatic nitrogens is 4. The molecule has 1 aliphatic rings. The summed E-state index contributed by atoms with van der Waals surface area (Å²) < 4.78 is 37.0. The fourth-order valence-electron chi connectivity index (χ4n) is 3.45. The Hall–Kier alpha value is -2.77. The number of nitrogens with one attached hydrogen (secondary N) is 2. The van der Waals surface area contributed by atoms with E-state index in [1.54, 1.807) is 11.3 Å². The van der Waals surface area contributed by atoms with Crippen LogP contribution in [0.1, 0.15) is 25.0 Å². The Labute approximate surface area is 191 Å². The number of rotatable bonds is 6. The molecule has 0 radical (unpaired) electrons. The predicted octanol–water partition coefficient (Wildman–Crippen LogP) is 1.53. The second kappa shape index (κ2) is 10.9. The van der Waals surface area contributed by atoms with Gasteiger partial charge >= 0.3 is 6.18 Å². The summed E-state index contributed by atoms with van der Waals surface area (Å²) in [6.07, 6.45) is -1.74. The summed E-state index contributed by atoms with van der Waals surface area (Å²) in [4.78, 5) is 8.78. The van der Waals surface area contributed by atoms with Crippen molar-refractivity contribution < 1.29 is 33.5 Å². The van der Waals surface area contributed by atoms with Crippen molar-refractivity contribution in [1.82, 2.24) is 20.4 Å². The number of fused-ring (bicyclic) bond motifs is 1. The maximum atomic E-state index is 10.5. The lowest BCUT2D eigenvalue weighted by atomic mass is 9.93. The number of aromatic amines is 1. The van der Waals surface area contributed by atoms with Crippen LogP contribution in [-0.4, -0.2) is 58.3 Å². The van der Waals surface area contributed by atoms with Gasteiger partial charge in [0, 0.05) is 36.3 Å². The number of nitrogens with zero attached hydrogens (tertiary/aromatic N) is 3. The molecule has 0 amide bonds. The highest BCUT2D eigenvalue weighted by Gasteiger charge is 2.28. The van der Waals surface area contributed by atoms with E-state index in [4.69, 9.17) is 14.6 Å². The number of quaternary nitrogens is 1. The number of hydrogen-bond acceptors (Lipinski definition) is 8. The van der Waals surface area contributed by atoms with Crippen LogP contribution in [0, 0.1) is 12.8 Å². The van der Waals surface area contributed by atoms with Gasteiger partial charge in [-0.05, 0) is 43.9 Å². The number of aryl methyl sites for hydroxylation is 1. The largest absolute Gasteiger partial charge is 0.542 e. The Morgan fingerprint density at radius 3 is 2.73 bits per heavy atom. The summed E-state index contributed by atoms with van der Waals surface area (Å²) in [5.41, 5.74) is 7.40. The first-order chi connectivity index (χ1) is 15.6. The van der Waals surface area contributed by atoms with Gasteiger partial charge in [0.1, 0.15) is 17.0 Å². The molecule has 0 spiro atoms. The van der Waals surface area contributed by atoms with E-state index in [0.29, 0.717) is 6.04 Å². The van der Waals surface area contributed by atoms with Gasteiger partial charge in [0.05, 0.1) is 12.1 Å². The summed E-state index contributed by atoms with van der Waals surface area (Å²) in [6.45, 7) is 4.64. The van der Waals surface area contributed by atoms with E-state index in [2.05, 4.69) is 37.5 Å². The Balaban J connectivity index is 0.000000383. The molecule has 1 saturated heterocycles. The smallest absolute Gasteiger partial charge is 0.430 e. The van der Waals surface area contributed by atoms with E-state index in [9.17, 15) is 13.2 Å². The Morgan fingerprint density at radius 1 is 1.36 bits per heavy atom. The quantitative estimate of drug-likeness (QED) is 0.479. The third kappa shape index (κ3) is 7.11. The molecular formula is C20H25F3N6O3S. The second-order valence-electron chi connectivity index (χ2n) is 7.82. The Bertz CT molecular complexity index is 1060. The normalized spacial score (nSPS) is 15.7. The van der Waals surface area contributed by atoms with E-state index < -0.39 is 12.1 Å². The maximum absolute atomic E-state index is 10.5. The molecule has 1 aromatic carbocycles. The number of aliphatic carboxylic acids is 1. The van der Waals surface area contributed by atoms with Gasteiger partial charge in [-0.3, -0.25) is 5.10 Å². The molecule has 1 unspecified atom stereocenters. The average molecular weight is 487 g/mol. The van der Waals surface area contributed by atoms with Crippen molar-refractivity contribution in [3.63, 3.8) is 0 Å². The molecule has 0 aliphatic carbocycles. The molecule has 180 valence electrons. The number of hydrogen-bond donors (Lipinski definition) is 3. The molecule has 1 aliphatic heterocycles. The predicted molar refractivity (Wildman–Crippen MR) is 114 cm³/mol. The zero-order valence-corrected chi connectivity index (χ0v) is 18.8. The minimum Gasteiger partial charge on any atom is -0.542 e. The molecule has 2 aromatic heterocycles. The molecule has 3 heterocycles. The average Bonchev–Trinajstić information content (AvgIpc) is 3.39. The van der Waals surface area contributed by atoms with Crippen molar-refractivity contribution in [2.24, 2.45) is 5.92 Å². The monoisotopic (exact) mass is 486 g/mol. The van der Waals surface area contributed by atoms with Gasteiger partial charge in [0.25, 0.3) is 0 Å². The fraction of sp³-hybridized carbons (Fsp3) is 0.500. The van der Waals surface area contributed by atoms with Crippen molar-refractivity contribution >= 4 is 33.3 Å². The van der Waals surface area contributed by atoms with Crippen molar-refractivity contribution in [3.8, 4) is 10.6 Å². The van der Waals surface area contributed by atoms with Gasteiger partial charge in [-0.2, -0.15) is 18.3 Å². The molecule has 0 saturated carbocycles. The van der Waals surface area contributed by atoms with Crippen molar-refractivity contribution in [2.75, 3.05) is 25.1 Å². The van der Waals surface area contributed by atoms with Gasteiger partial charge in [-0.1, -0.05) is 11.3 Å². The first kappa shape index (κ1) is 24.9. The number of halogens is 3. The molecule has 3 aromatic rings. The highest BCUT2D eigenvalue weighted by molar-refractivity contribution is 7.18. The molecule has 13 heteroatoms. The molecule has 9 nitrogen and oxygen atoms in total. The highest BCUT2D eigenvalue weighted by atomic mass is 32.1. The minimum atomic E-state index is -5.19. The van der Waals surface area contributed by atoms with E-state index in [1.807, 2.05) is 19.1 Å². The third-order valence-corrected chi connectivity index (χ3v) is 6.13. The zero-order valence-electron chi connectivity index (χ0n) is 17.9. The lowest BCUT2D eigenvalue weighted by molar-refractivity contribution is -0.418. The SMILES string of the molecule is Cc1[nH]nc2ccc(-c3nnc(NCC([NH3+])CC4CCOCC4)s3)cc12.O=C([O-])C(F)(F)F. The van der Waals surface area contributed by atoms with Crippen LogP contribution in [0.3, 0.4) is 0 Å². The molecule has 0 bridgehead atoms. The van der Waals surface area contributed by atoms with Crippen molar-refractivity contribution in [3.05, 3.63) is 23.9 Å². The molecule has 1 atom stereocenters. The first-order valence-corrected chi connectivity index (χ1v) is 11.2. The lowest BCUT2D eigenvalue weighted by Crippen LogP contribution is -2.64. The summed E-state index contributed by atoms with van der Waals surface area (Å²) in [6, 6.07) is 6.55. The molecule has 4 rings (SSSR count). The number of alkyl halides is 3. The summed E-state index contributed by atoms with van der Waals surface area (Å²) >= 11 is 1.58. The van der Waals surface area contributed by atoms with Gasteiger partial charge in [-0.15, -0.1) is 10.2 Å². The summed E-state index contributed by atoms with van der Waals surface area (Å²) in [5, 5.41) is 31.0. The number of carbonyl (C=O) groups excluding carboxylic acids is 1. The lowest BCUT2D eigenvalue weighted by Gasteiger charge is -2.23. The van der Waals surface area contributed by atoms with Crippen LogP contribution in [0.25, 0.3) is 21.5 Å².